The molecule has 1 aliphatic rings. The molecule has 0 saturated heterocycles. The van der Waals surface area contributed by atoms with Crippen molar-refractivity contribution in [3.8, 4) is 0 Å². The van der Waals surface area contributed by atoms with Gasteiger partial charge < -0.3 is 0 Å². The normalized spacial score (nSPS) is 12.9. The van der Waals surface area contributed by atoms with E-state index in [1.54, 1.807) is 0 Å². The topological polar surface area (TPSA) is 34.1 Å². The summed E-state index contributed by atoms with van der Waals surface area (Å²) in [5.74, 6) is 1.32. The van der Waals surface area contributed by atoms with E-state index in [0.717, 1.165) is 39.3 Å². The zero-order valence-corrected chi connectivity index (χ0v) is 17.6. The molecule has 0 bridgehead atoms. The molecule has 0 heterocycles. The minimum Gasteiger partial charge on any atom is -0.294 e. The van der Waals surface area contributed by atoms with E-state index in [0.29, 0.717) is 24.0 Å². The molecule has 25 heavy (non-hydrogen) atoms. The highest BCUT2D eigenvalue weighted by Crippen LogP contribution is 2.32. The number of carbonyl (C=O) groups excluding carboxylic acids is 2. The summed E-state index contributed by atoms with van der Waals surface area (Å²) in [6.07, 6.45) is 3.42. The quantitative estimate of drug-likeness (QED) is 0.337. The summed E-state index contributed by atoms with van der Waals surface area (Å²) in [6, 6.07) is 15.0. The molecule has 0 atom stereocenters. The maximum Gasteiger partial charge on any atom is 0.165 e. The highest BCUT2D eigenvalue weighted by molar-refractivity contribution is 9.10. The van der Waals surface area contributed by atoms with Gasteiger partial charge in [0, 0.05) is 38.3 Å². The second kappa shape index (κ2) is 10.2. The summed E-state index contributed by atoms with van der Waals surface area (Å²) in [5.41, 5.74) is 1.59. The van der Waals surface area contributed by atoms with Crippen LogP contribution in [0, 0.1) is 5.92 Å². The summed E-state index contributed by atoms with van der Waals surface area (Å²) in [5, 5.41) is 0. The van der Waals surface area contributed by atoms with Crippen LogP contribution in [0.2, 0.25) is 0 Å². The molecule has 132 valence electrons. The lowest BCUT2D eigenvalue weighted by Crippen LogP contribution is -2.00. The van der Waals surface area contributed by atoms with Crippen molar-refractivity contribution in [3.63, 3.8) is 0 Å². The van der Waals surface area contributed by atoms with Gasteiger partial charge in [-0.05, 0) is 43.5 Å². The Balaban J connectivity index is 0.000000181. The highest BCUT2D eigenvalue weighted by Gasteiger charge is 2.30. The smallest absolute Gasteiger partial charge is 0.165 e. The lowest BCUT2D eigenvalue weighted by Gasteiger charge is -1.99. The number of benzene rings is 2. The van der Waals surface area contributed by atoms with Crippen LogP contribution in [-0.2, 0) is 0 Å². The fraction of sp³-hybridized carbons (Fsp3) is 0.300. The minimum absolute atomic E-state index is 0.155. The van der Waals surface area contributed by atoms with Crippen LogP contribution >= 0.6 is 43.5 Å². The van der Waals surface area contributed by atoms with E-state index in [1.165, 1.54) is 0 Å². The SMILES string of the molecule is O=C(CCCCl)c1cccc(Br)c1.O=C(c1cccc(Br)c1)C1CC1. The maximum atomic E-state index is 11.5. The van der Waals surface area contributed by atoms with E-state index in [2.05, 4.69) is 31.9 Å². The first kappa shape index (κ1) is 20.3. The van der Waals surface area contributed by atoms with Gasteiger partial charge in [0.25, 0.3) is 0 Å². The van der Waals surface area contributed by atoms with Crippen molar-refractivity contribution in [3.05, 3.63) is 68.6 Å². The van der Waals surface area contributed by atoms with Gasteiger partial charge in [0.1, 0.15) is 0 Å². The van der Waals surface area contributed by atoms with Gasteiger partial charge >= 0.3 is 0 Å². The first-order valence-electron chi connectivity index (χ1n) is 8.15. The van der Waals surface area contributed by atoms with Gasteiger partial charge in [0.15, 0.2) is 11.6 Å². The molecular formula is C20H19Br2ClO2. The Hall–Kier alpha value is -0.970. The van der Waals surface area contributed by atoms with Crippen LogP contribution in [-0.4, -0.2) is 17.4 Å². The molecule has 2 aromatic rings. The number of ketones is 2. The standard InChI is InChI=1S/C10H10BrClO.C10H9BrO/c11-9-4-1-3-8(7-9)10(13)5-2-6-12;11-9-3-1-2-8(6-9)10(12)7-4-5-7/h1,3-4,7H,2,5-6H2;1-3,6-7H,4-5H2. The number of hydrogen-bond acceptors (Lipinski definition) is 2. The molecule has 0 unspecified atom stereocenters. The first-order valence-corrected chi connectivity index (χ1v) is 10.3. The molecule has 2 aromatic carbocycles. The highest BCUT2D eigenvalue weighted by atomic mass is 79.9. The Bertz CT molecular complexity index is 742. The van der Waals surface area contributed by atoms with Gasteiger partial charge in [-0.15, -0.1) is 11.6 Å². The molecule has 1 aliphatic carbocycles. The van der Waals surface area contributed by atoms with Crippen LogP contribution in [0.3, 0.4) is 0 Å². The largest absolute Gasteiger partial charge is 0.294 e. The summed E-state index contributed by atoms with van der Waals surface area (Å²) >= 11 is 12.2. The molecule has 1 fully saturated rings. The second-order valence-corrected chi connectivity index (χ2v) is 8.08. The molecule has 0 aliphatic heterocycles. The maximum absolute atomic E-state index is 11.5. The zero-order valence-electron chi connectivity index (χ0n) is 13.7. The van der Waals surface area contributed by atoms with Crippen LogP contribution in [0.5, 0.6) is 0 Å². The number of rotatable bonds is 6. The molecule has 2 nitrogen and oxygen atoms in total. The van der Waals surface area contributed by atoms with Crippen molar-refractivity contribution in [2.75, 3.05) is 5.88 Å². The third kappa shape index (κ3) is 7.04. The van der Waals surface area contributed by atoms with E-state index in [1.807, 2.05) is 48.5 Å². The van der Waals surface area contributed by atoms with Gasteiger partial charge in [-0.1, -0.05) is 56.1 Å². The van der Waals surface area contributed by atoms with Crippen molar-refractivity contribution in [2.24, 2.45) is 5.92 Å². The van der Waals surface area contributed by atoms with Gasteiger partial charge in [0.05, 0.1) is 0 Å². The second-order valence-electron chi connectivity index (χ2n) is 5.87. The molecular weight excluding hydrogens is 467 g/mol. The third-order valence-electron chi connectivity index (χ3n) is 3.74. The Labute approximate surface area is 170 Å². The molecule has 0 N–H and O–H groups in total. The summed E-state index contributed by atoms with van der Waals surface area (Å²) in [4.78, 5) is 23.0. The van der Waals surface area contributed by atoms with Crippen LogP contribution in [0.15, 0.2) is 57.5 Å². The average molecular weight is 487 g/mol. The monoisotopic (exact) mass is 484 g/mol. The number of hydrogen-bond donors (Lipinski definition) is 0. The molecule has 0 aromatic heterocycles. The van der Waals surface area contributed by atoms with Crippen molar-refractivity contribution < 1.29 is 9.59 Å². The predicted octanol–water partition coefficient (Wildman–Crippen LogP) is 6.69. The van der Waals surface area contributed by atoms with Crippen LogP contribution in [0.4, 0.5) is 0 Å². The lowest BCUT2D eigenvalue weighted by molar-refractivity contribution is 0.0964. The van der Waals surface area contributed by atoms with E-state index in [4.69, 9.17) is 11.6 Å². The van der Waals surface area contributed by atoms with Crippen molar-refractivity contribution in [1.29, 1.82) is 0 Å². The Morgan fingerprint density at radius 1 is 0.960 bits per heavy atom. The van der Waals surface area contributed by atoms with Crippen LogP contribution < -0.4 is 0 Å². The van der Waals surface area contributed by atoms with Gasteiger partial charge in [0.2, 0.25) is 0 Å². The van der Waals surface area contributed by atoms with Crippen molar-refractivity contribution in [1.82, 2.24) is 0 Å². The molecule has 0 spiro atoms. The molecule has 3 rings (SSSR count). The summed E-state index contributed by atoms with van der Waals surface area (Å²) < 4.78 is 1.92. The summed E-state index contributed by atoms with van der Waals surface area (Å²) in [7, 11) is 0. The number of alkyl halides is 1. The number of halogens is 3. The molecule has 1 saturated carbocycles. The van der Waals surface area contributed by atoms with Crippen LogP contribution in [0.1, 0.15) is 46.4 Å². The fourth-order valence-corrected chi connectivity index (χ4v) is 3.19. The minimum atomic E-state index is 0.155. The lowest BCUT2D eigenvalue weighted by atomic mass is 10.1. The van der Waals surface area contributed by atoms with Gasteiger partial charge in [-0.3, -0.25) is 9.59 Å². The first-order chi connectivity index (χ1) is 12.0. The van der Waals surface area contributed by atoms with Gasteiger partial charge in [-0.2, -0.15) is 0 Å². The molecule has 5 heteroatoms. The van der Waals surface area contributed by atoms with E-state index >= 15 is 0 Å². The van der Waals surface area contributed by atoms with E-state index in [-0.39, 0.29) is 5.78 Å². The van der Waals surface area contributed by atoms with Gasteiger partial charge in [-0.25, -0.2) is 0 Å². The summed E-state index contributed by atoms with van der Waals surface area (Å²) in [6.45, 7) is 0. The Kier molecular flexibility index (Phi) is 8.34. The molecule has 0 amide bonds. The van der Waals surface area contributed by atoms with Crippen LogP contribution in [0.25, 0.3) is 0 Å². The Morgan fingerprint density at radius 3 is 2.04 bits per heavy atom. The zero-order chi connectivity index (χ0) is 18.2. The van der Waals surface area contributed by atoms with E-state index < -0.39 is 0 Å². The van der Waals surface area contributed by atoms with Crippen molar-refractivity contribution >= 4 is 55.0 Å². The third-order valence-corrected chi connectivity index (χ3v) is 5.00. The fourth-order valence-electron chi connectivity index (χ4n) is 2.26. The van der Waals surface area contributed by atoms with E-state index in [9.17, 15) is 9.59 Å². The average Bonchev–Trinajstić information content (AvgIpc) is 3.44. The number of carbonyl (C=O) groups is 2. The number of Topliss-reactive ketones (excluding diaryl/α,β-unsaturated/α-hetero) is 2. The van der Waals surface area contributed by atoms with Crippen molar-refractivity contribution in [2.45, 2.75) is 25.7 Å². The Morgan fingerprint density at radius 2 is 1.52 bits per heavy atom. The predicted molar refractivity (Wildman–Crippen MR) is 110 cm³/mol. The molecule has 0 radical (unpaired) electrons.